The molecule has 0 aliphatic heterocycles. The number of carboxylic acids is 1. The smallest absolute Gasteiger partial charge is 0.337 e. The van der Waals surface area contributed by atoms with Gasteiger partial charge in [-0.2, -0.15) is 0 Å². The highest BCUT2D eigenvalue weighted by atomic mass is 16.4. The van der Waals surface area contributed by atoms with Gasteiger partial charge in [0.25, 0.3) is 0 Å². The van der Waals surface area contributed by atoms with Gasteiger partial charge in [-0.05, 0) is 31.4 Å². The molecule has 3 heteroatoms. The lowest BCUT2D eigenvalue weighted by molar-refractivity contribution is 0.0697. The molecule has 16 heavy (non-hydrogen) atoms. The maximum atomic E-state index is 11.1. The van der Waals surface area contributed by atoms with Crippen molar-refractivity contribution in [2.24, 2.45) is 0 Å². The summed E-state index contributed by atoms with van der Waals surface area (Å²) in [4.78, 5) is 13.4. The Bertz CT molecular complexity index is 385. The first-order valence-electron chi connectivity index (χ1n) is 5.83. The number of hydrogen-bond acceptors (Lipinski definition) is 2. The van der Waals surface area contributed by atoms with Crippen LogP contribution in [0, 0.1) is 0 Å². The highest BCUT2D eigenvalue weighted by Crippen LogP contribution is 2.33. The molecule has 1 fully saturated rings. The Balaban J connectivity index is 2.32. The number of carboxylic acid groups (broad SMARTS) is 1. The number of aromatic carboxylic acids is 1. The predicted octanol–water partition coefficient (Wildman–Crippen LogP) is 2.76. The lowest BCUT2D eigenvalue weighted by Gasteiger charge is -2.25. The monoisotopic (exact) mass is 219 g/mol. The number of hydrogen-bond donors (Lipinski definition) is 1. The summed E-state index contributed by atoms with van der Waals surface area (Å²) in [5.74, 6) is -0.836. The summed E-state index contributed by atoms with van der Waals surface area (Å²) in [6.07, 6.45) is 3.42. The van der Waals surface area contributed by atoms with Crippen molar-refractivity contribution in [1.82, 2.24) is 0 Å². The van der Waals surface area contributed by atoms with E-state index >= 15 is 0 Å². The van der Waals surface area contributed by atoms with Crippen molar-refractivity contribution in [2.45, 2.75) is 32.2 Å². The van der Waals surface area contributed by atoms with Gasteiger partial charge < -0.3 is 10.0 Å². The zero-order valence-corrected chi connectivity index (χ0v) is 9.52. The number of benzene rings is 1. The molecule has 0 atom stereocenters. The minimum atomic E-state index is -0.836. The normalized spacial score (nSPS) is 14.8. The Morgan fingerprint density at radius 1 is 1.44 bits per heavy atom. The predicted molar refractivity (Wildman–Crippen MR) is 64.1 cm³/mol. The third-order valence-electron chi connectivity index (χ3n) is 2.90. The number of nitrogens with zero attached hydrogens (tertiary/aromatic N) is 1. The molecule has 3 nitrogen and oxygen atoms in total. The molecule has 1 saturated carbocycles. The average Bonchev–Trinajstić information content (AvgIpc) is 3.10. The Morgan fingerprint density at radius 2 is 2.12 bits per heavy atom. The molecule has 0 aromatic heterocycles. The van der Waals surface area contributed by atoms with Crippen LogP contribution in [-0.2, 0) is 0 Å². The second-order valence-corrected chi connectivity index (χ2v) is 4.25. The molecule has 86 valence electrons. The highest BCUT2D eigenvalue weighted by Gasteiger charge is 2.30. The van der Waals surface area contributed by atoms with Gasteiger partial charge in [0.15, 0.2) is 0 Å². The second-order valence-electron chi connectivity index (χ2n) is 4.25. The fraction of sp³-hybridized carbons (Fsp3) is 0.462. The first-order valence-corrected chi connectivity index (χ1v) is 5.83. The summed E-state index contributed by atoms with van der Waals surface area (Å²) in [6, 6.07) is 7.84. The van der Waals surface area contributed by atoms with Crippen LogP contribution in [0.4, 0.5) is 5.69 Å². The lowest BCUT2D eigenvalue weighted by Crippen LogP contribution is -2.28. The van der Waals surface area contributed by atoms with Crippen molar-refractivity contribution in [3.05, 3.63) is 29.8 Å². The quantitative estimate of drug-likeness (QED) is 0.827. The van der Waals surface area contributed by atoms with Gasteiger partial charge in [0.1, 0.15) is 0 Å². The first-order chi connectivity index (χ1) is 7.74. The summed E-state index contributed by atoms with van der Waals surface area (Å²) in [5.41, 5.74) is 1.29. The van der Waals surface area contributed by atoms with Gasteiger partial charge in [-0.3, -0.25) is 0 Å². The van der Waals surface area contributed by atoms with Gasteiger partial charge in [-0.25, -0.2) is 4.79 Å². The van der Waals surface area contributed by atoms with Crippen LogP contribution in [-0.4, -0.2) is 23.7 Å². The molecule has 0 radical (unpaired) electrons. The van der Waals surface area contributed by atoms with E-state index in [9.17, 15) is 4.79 Å². The van der Waals surface area contributed by atoms with Crippen LogP contribution in [0.2, 0.25) is 0 Å². The zero-order valence-electron chi connectivity index (χ0n) is 9.52. The van der Waals surface area contributed by atoms with E-state index in [1.165, 1.54) is 12.8 Å². The first kappa shape index (κ1) is 11.0. The van der Waals surface area contributed by atoms with Gasteiger partial charge in [0, 0.05) is 12.6 Å². The van der Waals surface area contributed by atoms with Gasteiger partial charge >= 0.3 is 5.97 Å². The van der Waals surface area contributed by atoms with E-state index in [0.29, 0.717) is 11.6 Å². The van der Waals surface area contributed by atoms with Crippen LogP contribution in [0.1, 0.15) is 36.5 Å². The highest BCUT2D eigenvalue weighted by molar-refractivity contribution is 5.94. The van der Waals surface area contributed by atoms with E-state index in [-0.39, 0.29) is 0 Å². The largest absolute Gasteiger partial charge is 0.478 e. The van der Waals surface area contributed by atoms with E-state index in [1.54, 1.807) is 12.1 Å². The molecule has 0 heterocycles. The molecule has 0 saturated heterocycles. The van der Waals surface area contributed by atoms with Crippen LogP contribution in [0.25, 0.3) is 0 Å². The fourth-order valence-corrected chi connectivity index (χ4v) is 2.03. The summed E-state index contributed by atoms with van der Waals surface area (Å²) in [6.45, 7) is 3.06. The Labute approximate surface area is 95.7 Å². The van der Waals surface area contributed by atoms with Crippen molar-refractivity contribution in [3.63, 3.8) is 0 Å². The van der Waals surface area contributed by atoms with Crippen molar-refractivity contribution >= 4 is 11.7 Å². The number of carbonyl (C=O) groups is 1. The van der Waals surface area contributed by atoms with Crippen molar-refractivity contribution in [1.29, 1.82) is 0 Å². The topological polar surface area (TPSA) is 40.5 Å². The van der Waals surface area contributed by atoms with E-state index in [2.05, 4.69) is 11.8 Å². The maximum absolute atomic E-state index is 11.1. The SMILES string of the molecule is CCCN(c1ccccc1C(=O)O)C1CC1. The van der Waals surface area contributed by atoms with E-state index in [1.807, 2.05) is 12.1 Å². The molecule has 1 aromatic carbocycles. The second kappa shape index (κ2) is 4.56. The molecule has 0 spiro atoms. The van der Waals surface area contributed by atoms with Gasteiger partial charge in [0.2, 0.25) is 0 Å². The van der Waals surface area contributed by atoms with Crippen LogP contribution in [0.3, 0.4) is 0 Å². The summed E-state index contributed by atoms with van der Waals surface area (Å²) in [5, 5.41) is 9.16. The van der Waals surface area contributed by atoms with Crippen LogP contribution < -0.4 is 4.90 Å². The van der Waals surface area contributed by atoms with Crippen molar-refractivity contribution < 1.29 is 9.90 Å². The summed E-state index contributed by atoms with van der Waals surface area (Å²) in [7, 11) is 0. The van der Waals surface area contributed by atoms with Gasteiger partial charge in [-0.15, -0.1) is 0 Å². The molecule has 0 amide bonds. The van der Waals surface area contributed by atoms with E-state index in [0.717, 1.165) is 18.7 Å². The van der Waals surface area contributed by atoms with E-state index in [4.69, 9.17) is 5.11 Å². The van der Waals surface area contributed by atoms with Crippen molar-refractivity contribution in [3.8, 4) is 0 Å². The lowest BCUT2D eigenvalue weighted by atomic mass is 10.1. The zero-order chi connectivity index (χ0) is 11.5. The summed E-state index contributed by atoms with van der Waals surface area (Å²) >= 11 is 0. The van der Waals surface area contributed by atoms with Crippen LogP contribution in [0.15, 0.2) is 24.3 Å². The molecule has 0 unspecified atom stereocenters. The minimum absolute atomic E-state index is 0.419. The molecule has 1 aliphatic carbocycles. The third-order valence-corrected chi connectivity index (χ3v) is 2.90. The molecule has 1 aromatic rings. The number of rotatable bonds is 5. The molecule has 2 rings (SSSR count). The van der Waals surface area contributed by atoms with E-state index < -0.39 is 5.97 Å². The Morgan fingerprint density at radius 3 is 2.69 bits per heavy atom. The molecule has 0 bridgehead atoms. The van der Waals surface area contributed by atoms with Crippen LogP contribution in [0.5, 0.6) is 0 Å². The standard InChI is InChI=1S/C13H17NO2/c1-2-9-14(10-7-8-10)12-6-4-3-5-11(12)13(15)16/h3-6,10H,2,7-9H2,1H3,(H,15,16). The Hall–Kier alpha value is -1.51. The fourth-order valence-electron chi connectivity index (χ4n) is 2.03. The molecule has 1 aliphatic rings. The summed E-state index contributed by atoms with van der Waals surface area (Å²) < 4.78 is 0. The van der Waals surface area contributed by atoms with Crippen LogP contribution >= 0.6 is 0 Å². The minimum Gasteiger partial charge on any atom is -0.478 e. The average molecular weight is 219 g/mol. The molecular formula is C13H17NO2. The number of para-hydroxylation sites is 1. The Kier molecular flexibility index (Phi) is 3.13. The van der Waals surface area contributed by atoms with Gasteiger partial charge in [0.05, 0.1) is 11.3 Å². The van der Waals surface area contributed by atoms with Gasteiger partial charge in [-0.1, -0.05) is 19.1 Å². The molecule has 1 N–H and O–H groups in total. The van der Waals surface area contributed by atoms with Crippen molar-refractivity contribution in [2.75, 3.05) is 11.4 Å². The maximum Gasteiger partial charge on any atom is 0.337 e. The number of anilines is 1. The third kappa shape index (κ3) is 2.18. The molecular weight excluding hydrogens is 202 g/mol.